The molecule has 1 aliphatic heterocycles. The molecule has 4 N–H and O–H groups in total. The number of morpholine rings is 1. The molecule has 1 fully saturated rings. The standard InChI is InChI=1S/C13H16N4O3S/c14-10-4-2-1-3-9(10)11(12(18)19)15-16-13(21)17-5-7-20-8-6-17/h1-4H,5-8,14H2,(H,16,21)(H,18,19). The van der Waals surface area contributed by atoms with E-state index in [0.717, 1.165) is 0 Å². The number of aliphatic carboxylic acids is 1. The van der Waals surface area contributed by atoms with Gasteiger partial charge in [-0.2, -0.15) is 5.10 Å². The maximum atomic E-state index is 11.3. The van der Waals surface area contributed by atoms with Gasteiger partial charge in [-0.15, -0.1) is 0 Å². The van der Waals surface area contributed by atoms with Crippen molar-refractivity contribution in [3.63, 3.8) is 0 Å². The number of carboxylic acid groups (broad SMARTS) is 1. The van der Waals surface area contributed by atoms with Crippen molar-refractivity contribution in [2.75, 3.05) is 32.0 Å². The molecule has 0 amide bonds. The number of para-hydroxylation sites is 1. The Morgan fingerprint density at radius 3 is 2.67 bits per heavy atom. The van der Waals surface area contributed by atoms with Crippen LogP contribution in [0.4, 0.5) is 5.69 Å². The third kappa shape index (κ3) is 3.89. The lowest BCUT2D eigenvalue weighted by molar-refractivity contribution is -0.129. The highest BCUT2D eigenvalue weighted by Crippen LogP contribution is 2.12. The monoisotopic (exact) mass is 308 g/mol. The molecule has 0 aromatic heterocycles. The number of carbonyl (C=O) groups is 1. The molecule has 1 aromatic rings. The van der Waals surface area contributed by atoms with Crippen molar-refractivity contribution < 1.29 is 14.6 Å². The molecule has 8 heteroatoms. The minimum Gasteiger partial charge on any atom is -0.476 e. The van der Waals surface area contributed by atoms with Gasteiger partial charge in [0.25, 0.3) is 0 Å². The van der Waals surface area contributed by atoms with E-state index in [-0.39, 0.29) is 5.71 Å². The Morgan fingerprint density at radius 2 is 2.05 bits per heavy atom. The third-order valence-electron chi connectivity index (χ3n) is 2.98. The Hall–Kier alpha value is -2.19. The van der Waals surface area contributed by atoms with Crippen molar-refractivity contribution in [2.45, 2.75) is 0 Å². The first-order valence-corrected chi connectivity index (χ1v) is 6.79. The van der Waals surface area contributed by atoms with Gasteiger partial charge in [0.15, 0.2) is 10.8 Å². The van der Waals surface area contributed by atoms with Crippen LogP contribution < -0.4 is 11.2 Å². The number of hydrogen-bond donors (Lipinski definition) is 3. The highest BCUT2D eigenvalue weighted by atomic mass is 32.1. The van der Waals surface area contributed by atoms with Crippen LogP contribution in [0.2, 0.25) is 0 Å². The predicted octanol–water partition coefficient (Wildman–Crippen LogP) is 0.264. The molecule has 2 rings (SSSR count). The fourth-order valence-corrected chi connectivity index (χ4v) is 2.11. The summed E-state index contributed by atoms with van der Waals surface area (Å²) in [6.07, 6.45) is 0. The quantitative estimate of drug-likeness (QED) is 0.319. The minimum atomic E-state index is -1.18. The highest BCUT2D eigenvalue weighted by Gasteiger charge is 2.17. The number of nitrogen functional groups attached to an aromatic ring is 1. The predicted molar refractivity (Wildman–Crippen MR) is 83.2 cm³/mol. The first-order valence-electron chi connectivity index (χ1n) is 6.38. The van der Waals surface area contributed by atoms with Crippen molar-refractivity contribution in [3.05, 3.63) is 29.8 Å². The number of hydrogen-bond acceptors (Lipinski definition) is 5. The number of ether oxygens (including phenoxy) is 1. The van der Waals surface area contributed by atoms with Gasteiger partial charge in [0.1, 0.15) is 0 Å². The maximum absolute atomic E-state index is 11.3. The number of thiocarbonyl (C=S) groups is 1. The number of nitrogens with zero attached hydrogens (tertiary/aromatic N) is 2. The van der Waals surface area contributed by atoms with E-state index in [1.165, 1.54) is 0 Å². The number of hydrazone groups is 1. The zero-order chi connectivity index (χ0) is 15.2. The molecule has 0 aliphatic carbocycles. The van der Waals surface area contributed by atoms with E-state index in [0.29, 0.717) is 42.7 Å². The summed E-state index contributed by atoms with van der Waals surface area (Å²) in [6.45, 7) is 2.47. The van der Waals surface area contributed by atoms with Crippen LogP contribution in [-0.4, -0.2) is 53.1 Å². The van der Waals surface area contributed by atoms with Crippen LogP contribution in [0.15, 0.2) is 29.4 Å². The second kappa shape index (κ2) is 7.00. The summed E-state index contributed by atoms with van der Waals surface area (Å²) in [6, 6.07) is 6.64. The van der Waals surface area contributed by atoms with Gasteiger partial charge < -0.3 is 20.5 Å². The molecular weight excluding hydrogens is 292 g/mol. The summed E-state index contributed by atoms with van der Waals surface area (Å²) in [4.78, 5) is 13.2. The van der Waals surface area contributed by atoms with Gasteiger partial charge in [-0.25, -0.2) is 4.79 Å². The van der Waals surface area contributed by atoms with Crippen LogP contribution >= 0.6 is 12.2 Å². The Morgan fingerprint density at radius 1 is 1.38 bits per heavy atom. The molecule has 0 saturated carbocycles. The molecule has 112 valence electrons. The summed E-state index contributed by atoms with van der Waals surface area (Å²) in [7, 11) is 0. The van der Waals surface area contributed by atoms with Gasteiger partial charge in [-0.3, -0.25) is 5.43 Å². The first-order chi connectivity index (χ1) is 10.1. The van der Waals surface area contributed by atoms with Crippen molar-refractivity contribution in [1.29, 1.82) is 0 Å². The van der Waals surface area contributed by atoms with E-state index in [4.69, 9.17) is 22.7 Å². The van der Waals surface area contributed by atoms with Crippen LogP contribution in [0.1, 0.15) is 5.56 Å². The van der Waals surface area contributed by atoms with E-state index in [1.54, 1.807) is 24.3 Å². The van der Waals surface area contributed by atoms with Crippen LogP contribution in [0.25, 0.3) is 0 Å². The number of carboxylic acids is 1. The van der Waals surface area contributed by atoms with E-state index >= 15 is 0 Å². The van der Waals surface area contributed by atoms with Gasteiger partial charge in [0.05, 0.1) is 13.2 Å². The van der Waals surface area contributed by atoms with Crippen molar-refractivity contribution in [3.8, 4) is 0 Å². The fraction of sp³-hybridized carbons (Fsp3) is 0.308. The van der Waals surface area contributed by atoms with Gasteiger partial charge in [0, 0.05) is 24.3 Å². The number of anilines is 1. The van der Waals surface area contributed by atoms with Crippen LogP contribution in [0.3, 0.4) is 0 Å². The van der Waals surface area contributed by atoms with Crippen molar-refractivity contribution >= 4 is 34.7 Å². The molecule has 1 aliphatic rings. The SMILES string of the molecule is Nc1ccccc1C(=NNC(=S)N1CCOCC1)C(=O)O. The first kappa shape index (κ1) is 15.2. The molecule has 1 aromatic carbocycles. The fourth-order valence-electron chi connectivity index (χ4n) is 1.88. The van der Waals surface area contributed by atoms with E-state index in [2.05, 4.69) is 10.5 Å². The number of benzene rings is 1. The molecule has 0 radical (unpaired) electrons. The Kier molecular flexibility index (Phi) is 5.07. The maximum Gasteiger partial charge on any atom is 0.357 e. The zero-order valence-electron chi connectivity index (χ0n) is 11.3. The summed E-state index contributed by atoms with van der Waals surface area (Å²) in [5.74, 6) is -1.18. The van der Waals surface area contributed by atoms with Gasteiger partial charge in [-0.1, -0.05) is 18.2 Å². The lowest BCUT2D eigenvalue weighted by Crippen LogP contribution is -2.45. The molecule has 0 unspecified atom stereocenters. The van der Waals surface area contributed by atoms with Crippen LogP contribution in [0, 0.1) is 0 Å². The lowest BCUT2D eigenvalue weighted by atomic mass is 10.1. The average Bonchev–Trinajstić information content (AvgIpc) is 2.49. The van der Waals surface area contributed by atoms with E-state index in [9.17, 15) is 9.90 Å². The van der Waals surface area contributed by atoms with E-state index in [1.807, 2.05) is 4.90 Å². The molecule has 0 spiro atoms. The average molecular weight is 308 g/mol. The summed E-state index contributed by atoms with van der Waals surface area (Å²) < 4.78 is 5.22. The lowest BCUT2D eigenvalue weighted by Gasteiger charge is -2.28. The molecule has 0 atom stereocenters. The second-order valence-electron chi connectivity index (χ2n) is 4.37. The highest BCUT2D eigenvalue weighted by molar-refractivity contribution is 7.80. The summed E-state index contributed by atoms with van der Waals surface area (Å²) in [5, 5.41) is 13.5. The van der Waals surface area contributed by atoms with Crippen LogP contribution in [0.5, 0.6) is 0 Å². The second-order valence-corrected chi connectivity index (χ2v) is 4.76. The molecule has 21 heavy (non-hydrogen) atoms. The molecule has 7 nitrogen and oxygen atoms in total. The number of rotatable bonds is 3. The summed E-state index contributed by atoms with van der Waals surface area (Å²) in [5.41, 5.74) is 8.91. The number of nitrogens with two attached hydrogens (primary N) is 1. The van der Waals surface area contributed by atoms with E-state index < -0.39 is 5.97 Å². The Balaban J connectivity index is 2.13. The van der Waals surface area contributed by atoms with Gasteiger partial charge in [-0.05, 0) is 18.3 Å². The smallest absolute Gasteiger partial charge is 0.357 e. The van der Waals surface area contributed by atoms with Crippen molar-refractivity contribution in [2.24, 2.45) is 5.10 Å². The molecular formula is C13H16N4O3S. The topological polar surface area (TPSA) is 100 Å². The minimum absolute atomic E-state index is 0.177. The van der Waals surface area contributed by atoms with Crippen LogP contribution in [-0.2, 0) is 9.53 Å². The third-order valence-corrected chi connectivity index (χ3v) is 3.33. The largest absolute Gasteiger partial charge is 0.476 e. The Labute approximate surface area is 127 Å². The summed E-state index contributed by atoms with van der Waals surface area (Å²) >= 11 is 5.19. The molecule has 0 bridgehead atoms. The Bertz CT molecular complexity index is 570. The molecule has 1 heterocycles. The normalized spacial score (nSPS) is 15.6. The van der Waals surface area contributed by atoms with Gasteiger partial charge in [0.2, 0.25) is 0 Å². The number of nitrogens with one attached hydrogen (secondary N) is 1. The molecule has 1 saturated heterocycles. The zero-order valence-corrected chi connectivity index (χ0v) is 12.1. The van der Waals surface area contributed by atoms with Gasteiger partial charge >= 0.3 is 5.97 Å². The van der Waals surface area contributed by atoms with Crippen molar-refractivity contribution in [1.82, 2.24) is 10.3 Å².